The average Bonchev–Trinajstić information content (AvgIpc) is 2.64. The van der Waals surface area contributed by atoms with Gasteiger partial charge in [-0.15, -0.1) is 0 Å². The van der Waals surface area contributed by atoms with E-state index >= 15 is 0 Å². The van der Waals surface area contributed by atoms with Crippen molar-refractivity contribution < 1.29 is 14.3 Å². The van der Waals surface area contributed by atoms with E-state index in [4.69, 9.17) is 4.74 Å². The molecule has 25 heavy (non-hydrogen) atoms. The van der Waals surface area contributed by atoms with Crippen molar-refractivity contribution in [3.8, 4) is 5.75 Å². The molecule has 136 valence electrons. The second kappa shape index (κ2) is 8.32. The third-order valence-corrected chi connectivity index (χ3v) is 5.24. The van der Waals surface area contributed by atoms with Crippen LogP contribution in [0.2, 0.25) is 0 Å². The number of hydrogen-bond donors (Lipinski definition) is 1. The predicted molar refractivity (Wildman–Crippen MR) is 95.3 cm³/mol. The zero-order chi connectivity index (χ0) is 17.6. The molecular weight excluding hydrogens is 318 g/mol. The maximum atomic E-state index is 12.5. The molecule has 1 aliphatic carbocycles. The van der Waals surface area contributed by atoms with Crippen LogP contribution in [0, 0.1) is 11.8 Å². The highest BCUT2D eigenvalue weighted by Gasteiger charge is 2.29. The maximum Gasteiger partial charge on any atom is 0.229 e. The molecule has 1 aromatic heterocycles. The van der Waals surface area contributed by atoms with Gasteiger partial charge in [0.1, 0.15) is 0 Å². The normalized spacial score (nSPS) is 21.9. The lowest BCUT2D eigenvalue weighted by atomic mass is 9.90. The topological polar surface area (TPSA) is 71.5 Å². The minimum atomic E-state index is -0.295. The smallest absolute Gasteiger partial charge is 0.229 e. The number of likely N-dealkylation sites (tertiary alicyclic amines) is 1. The van der Waals surface area contributed by atoms with Gasteiger partial charge in [0.15, 0.2) is 11.6 Å². The zero-order valence-electron chi connectivity index (χ0n) is 14.9. The summed E-state index contributed by atoms with van der Waals surface area (Å²) in [6.07, 6.45) is 8.86. The molecule has 0 spiro atoms. The first-order valence-corrected chi connectivity index (χ1v) is 9.26. The summed E-state index contributed by atoms with van der Waals surface area (Å²) in [6, 6.07) is 3.65. The molecule has 2 fully saturated rings. The molecule has 2 heterocycles. The Bertz CT molecular complexity index is 614. The Morgan fingerprint density at radius 1 is 1.32 bits per heavy atom. The molecule has 1 aliphatic heterocycles. The van der Waals surface area contributed by atoms with E-state index in [1.165, 1.54) is 32.1 Å². The van der Waals surface area contributed by atoms with Gasteiger partial charge >= 0.3 is 0 Å². The fourth-order valence-electron chi connectivity index (χ4n) is 3.55. The van der Waals surface area contributed by atoms with Crippen molar-refractivity contribution in [1.82, 2.24) is 9.88 Å². The Hall–Kier alpha value is -2.11. The Morgan fingerprint density at radius 3 is 2.88 bits per heavy atom. The van der Waals surface area contributed by atoms with Crippen molar-refractivity contribution in [1.29, 1.82) is 0 Å². The summed E-state index contributed by atoms with van der Waals surface area (Å²) in [5, 5.41) is 2.86. The van der Waals surface area contributed by atoms with Crippen molar-refractivity contribution >= 4 is 17.6 Å². The van der Waals surface area contributed by atoms with E-state index in [1.807, 2.05) is 12.1 Å². The predicted octanol–water partition coefficient (Wildman–Crippen LogP) is 2.85. The van der Waals surface area contributed by atoms with Gasteiger partial charge in [0.25, 0.3) is 0 Å². The van der Waals surface area contributed by atoms with Crippen LogP contribution in [0.25, 0.3) is 0 Å². The Kier molecular flexibility index (Phi) is 5.89. The summed E-state index contributed by atoms with van der Waals surface area (Å²) in [4.78, 5) is 30.2. The lowest BCUT2D eigenvalue weighted by Crippen LogP contribution is -2.40. The van der Waals surface area contributed by atoms with E-state index in [0.717, 1.165) is 0 Å². The van der Waals surface area contributed by atoms with E-state index in [1.54, 1.807) is 18.1 Å². The fraction of sp³-hybridized carbons (Fsp3) is 0.632. The molecule has 0 bridgehead atoms. The van der Waals surface area contributed by atoms with Crippen molar-refractivity contribution in [2.24, 2.45) is 11.8 Å². The highest BCUT2D eigenvalue weighted by atomic mass is 16.5. The van der Waals surface area contributed by atoms with Gasteiger partial charge < -0.3 is 15.0 Å². The number of nitrogens with zero attached hydrogens (tertiary/aromatic N) is 2. The lowest BCUT2D eigenvalue weighted by molar-refractivity contribution is -0.137. The molecule has 6 nitrogen and oxygen atoms in total. The largest absolute Gasteiger partial charge is 0.489 e. The van der Waals surface area contributed by atoms with E-state index in [0.29, 0.717) is 37.1 Å². The third-order valence-electron chi connectivity index (χ3n) is 5.24. The summed E-state index contributed by atoms with van der Waals surface area (Å²) < 4.78 is 5.95. The summed E-state index contributed by atoms with van der Waals surface area (Å²) in [7, 11) is 1.77. The highest BCUT2D eigenvalue weighted by Crippen LogP contribution is 2.28. The molecule has 6 heteroatoms. The van der Waals surface area contributed by atoms with Crippen LogP contribution in [0.1, 0.15) is 44.9 Å². The molecule has 2 aliphatic rings. The van der Waals surface area contributed by atoms with Gasteiger partial charge in [0, 0.05) is 32.1 Å². The van der Waals surface area contributed by atoms with Crippen molar-refractivity contribution in [3.05, 3.63) is 18.3 Å². The molecule has 2 amide bonds. The molecule has 3 rings (SSSR count). The summed E-state index contributed by atoms with van der Waals surface area (Å²) in [6.45, 7) is 1.28. The highest BCUT2D eigenvalue weighted by molar-refractivity contribution is 5.95. The Balaban J connectivity index is 1.58. The first-order chi connectivity index (χ1) is 12.1. The van der Waals surface area contributed by atoms with Crippen LogP contribution in [0.3, 0.4) is 0 Å². The summed E-state index contributed by atoms with van der Waals surface area (Å²) in [5.74, 6) is 1.22. The number of aromatic nitrogens is 1. The van der Waals surface area contributed by atoms with Crippen LogP contribution in [0.15, 0.2) is 18.3 Å². The number of piperidine rings is 1. The van der Waals surface area contributed by atoms with Crippen molar-refractivity contribution in [3.63, 3.8) is 0 Å². The number of nitrogens with one attached hydrogen (secondary N) is 1. The van der Waals surface area contributed by atoms with E-state index in [2.05, 4.69) is 10.3 Å². The average molecular weight is 345 g/mol. The van der Waals surface area contributed by atoms with E-state index in [-0.39, 0.29) is 24.2 Å². The van der Waals surface area contributed by atoms with Gasteiger partial charge in [-0.1, -0.05) is 19.3 Å². The number of rotatable bonds is 5. The van der Waals surface area contributed by atoms with Gasteiger partial charge in [-0.25, -0.2) is 4.98 Å². The number of hydrogen-bond acceptors (Lipinski definition) is 4. The molecule has 1 N–H and O–H groups in total. The number of ether oxygens (including phenoxy) is 1. The van der Waals surface area contributed by atoms with Gasteiger partial charge in [0.2, 0.25) is 11.8 Å². The van der Waals surface area contributed by atoms with Crippen LogP contribution in [0.5, 0.6) is 5.75 Å². The van der Waals surface area contributed by atoms with E-state index < -0.39 is 0 Å². The van der Waals surface area contributed by atoms with Gasteiger partial charge in [-0.3, -0.25) is 9.59 Å². The zero-order valence-corrected chi connectivity index (χ0v) is 14.9. The van der Waals surface area contributed by atoms with Crippen LogP contribution in [0.4, 0.5) is 5.82 Å². The molecular formula is C19H27N3O3. The first kappa shape index (κ1) is 17.7. The second-order valence-electron chi connectivity index (χ2n) is 7.16. The third kappa shape index (κ3) is 4.71. The molecule has 1 atom stereocenters. The molecule has 1 saturated heterocycles. The monoisotopic (exact) mass is 345 g/mol. The summed E-state index contributed by atoms with van der Waals surface area (Å²) >= 11 is 0. The number of pyridine rings is 1. The van der Waals surface area contributed by atoms with Crippen LogP contribution < -0.4 is 10.1 Å². The standard InChI is InChI=1S/C19H27N3O3/c1-22-11-9-15(12-17(22)23)19(24)21-18-16(8-5-10-20-18)25-13-14-6-3-2-4-7-14/h5,8,10,14-15H,2-4,6-7,9,11-13H2,1H3,(H,20,21,24)/t15-/m1/s1. The Morgan fingerprint density at radius 2 is 2.12 bits per heavy atom. The minimum absolute atomic E-state index is 0.0150. The number of carbonyl (C=O) groups is 2. The molecule has 1 saturated carbocycles. The molecule has 1 aromatic rings. The summed E-state index contributed by atoms with van der Waals surface area (Å²) in [5.41, 5.74) is 0. The Labute approximate surface area is 148 Å². The van der Waals surface area contributed by atoms with Gasteiger partial charge in [-0.05, 0) is 37.3 Å². The quantitative estimate of drug-likeness (QED) is 0.891. The fourth-order valence-corrected chi connectivity index (χ4v) is 3.55. The van der Waals surface area contributed by atoms with Crippen LogP contribution in [-0.4, -0.2) is 41.9 Å². The number of anilines is 1. The number of amides is 2. The van der Waals surface area contributed by atoms with Crippen molar-refractivity contribution in [2.75, 3.05) is 25.5 Å². The van der Waals surface area contributed by atoms with Crippen LogP contribution in [-0.2, 0) is 9.59 Å². The maximum absolute atomic E-state index is 12.5. The molecule has 0 radical (unpaired) electrons. The SMILES string of the molecule is CN1CC[C@@H](C(=O)Nc2ncccc2OCC2CCCCC2)CC1=O. The number of carbonyl (C=O) groups excluding carboxylic acids is 2. The first-order valence-electron chi connectivity index (χ1n) is 9.26. The van der Waals surface area contributed by atoms with E-state index in [9.17, 15) is 9.59 Å². The lowest BCUT2D eigenvalue weighted by Gasteiger charge is -2.28. The van der Waals surface area contributed by atoms with Gasteiger partial charge in [-0.2, -0.15) is 0 Å². The van der Waals surface area contributed by atoms with Crippen LogP contribution >= 0.6 is 0 Å². The second-order valence-corrected chi connectivity index (χ2v) is 7.16. The van der Waals surface area contributed by atoms with Gasteiger partial charge in [0.05, 0.1) is 6.61 Å². The molecule has 0 aromatic carbocycles. The van der Waals surface area contributed by atoms with Crippen molar-refractivity contribution in [2.45, 2.75) is 44.9 Å². The minimum Gasteiger partial charge on any atom is -0.489 e. The molecule has 0 unspecified atom stereocenters.